The first-order valence-electron chi connectivity index (χ1n) is 9.27. The van der Waals surface area contributed by atoms with E-state index in [1.807, 2.05) is 6.07 Å². The SMILES string of the molecule is N[C@@H]1CCCN(Cc2cccc3c2C(=O)N(C2CCC(=O)NC2=O)C3=O)C1. The molecule has 3 heterocycles. The Hall–Kier alpha value is -2.58. The van der Waals surface area contributed by atoms with Crippen LogP contribution < -0.4 is 11.1 Å². The lowest BCUT2D eigenvalue weighted by Crippen LogP contribution is -2.54. The highest BCUT2D eigenvalue weighted by Gasteiger charge is 2.45. The first-order valence-corrected chi connectivity index (χ1v) is 9.27. The normalized spacial score (nSPS) is 26.3. The Balaban J connectivity index is 1.61. The van der Waals surface area contributed by atoms with E-state index in [2.05, 4.69) is 10.2 Å². The van der Waals surface area contributed by atoms with Crippen LogP contribution in [0.5, 0.6) is 0 Å². The molecule has 1 aromatic rings. The largest absolute Gasteiger partial charge is 0.327 e. The summed E-state index contributed by atoms with van der Waals surface area (Å²) in [5.74, 6) is -1.90. The van der Waals surface area contributed by atoms with Gasteiger partial charge in [0.1, 0.15) is 6.04 Å². The third-order valence-electron chi connectivity index (χ3n) is 5.49. The highest BCUT2D eigenvalue weighted by atomic mass is 16.2. The van der Waals surface area contributed by atoms with Crippen LogP contribution in [-0.2, 0) is 16.1 Å². The fraction of sp³-hybridized carbons (Fsp3) is 0.474. The lowest BCUT2D eigenvalue weighted by molar-refractivity contribution is -0.136. The van der Waals surface area contributed by atoms with Gasteiger partial charge in [-0.2, -0.15) is 0 Å². The molecule has 1 aromatic carbocycles. The number of carbonyl (C=O) groups excluding carboxylic acids is 4. The van der Waals surface area contributed by atoms with E-state index in [1.165, 1.54) is 0 Å². The summed E-state index contributed by atoms with van der Waals surface area (Å²) in [6, 6.07) is 4.40. The number of nitrogens with two attached hydrogens (primary N) is 1. The molecule has 0 radical (unpaired) electrons. The van der Waals surface area contributed by atoms with Crippen molar-refractivity contribution in [1.82, 2.24) is 15.1 Å². The summed E-state index contributed by atoms with van der Waals surface area (Å²) >= 11 is 0. The average molecular weight is 370 g/mol. The predicted molar refractivity (Wildman–Crippen MR) is 95.6 cm³/mol. The number of likely N-dealkylation sites (tertiary alicyclic amines) is 1. The molecule has 3 aliphatic heterocycles. The van der Waals surface area contributed by atoms with Crippen LogP contribution in [0.2, 0.25) is 0 Å². The maximum Gasteiger partial charge on any atom is 0.262 e. The molecule has 0 spiro atoms. The Morgan fingerprint density at radius 3 is 2.67 bits per heavy atom. The third kappa shape index (κ3) is 3.15. The fourth-order valence-corrected chi connectivity index (χ4v) is 4.19. The molecule has 142 valence electrons. The summed E-state index contributed by atoms with van der Waals surface area (Å²) in [6.07, 6.45) is 2.27. The van der Waals surface area contributed by atoms with E-state index in [9.17, 15) is 19.2 Å². The molecule has 3 aliphatic rings. The zero-order valence-electron chi connectivity index (χ0n) is 14.9. The number of nitrogens with one attached hydrogen (secondary N) is 1. The monoisotopic (exact) mass is 370 g/mol. The maximum absolute atomic E-state index is 13.1. The first kappa shape index (κ1) is 17.8. The van der Waals surface area contributed by atoms with Crippen LogP contribution in [0, 0.1) is 0 Å². The van der Waals surface area contributed by atoms with Gasteiger partial charge in [-0.25, -0.2) is 0 Å². The molecule has 1 unspecified atom stereocenters. The fourth-order valence-electron chi connectivity index (χ4n) is 4.19. The van der Waals surface area contributed by atoms with E-state index in [4.69, 9.17) is 5.73 Å². The van der Waals surface area contributed by atoms with Crippen LogP contribution in [0.25, 0.3) is 0 Å². The molecule has 2 atom stereocenters. The smallest absolute Gasteiger partial charge is 0.262 e. The number of hydrogen-bond acceptors (Lipinski definition) is 6. The Bertz CT molecular complexity index is 837. The summed E-state index contributed by atoms with van der Waals surface area (Å²) in [4.78, 5) is 52.6. The number of carbonyl (C=O) groups is 4. The van der Waals surface area contributed by atoms with Crippen LogP contribution in [0.4, 0.5) is 0 Å². The van der Waals surface area contributed by atoms with E-state index in [1.54, 1.807) is 12.1 Å². The van der Waals surface area contributed by atoms with Crippen molar-refractivity contribution in [2.24, 2.45) is 5.73 Å². The highest BCUT2D eigenvalue weighted by molar-refractivity contribution is 6.24. The van der Waals surface area contributed by atoms with Gasteiger partial charge in [-0.05, 0) is 37.4 Å². The molecule has 2 saturated heterocycles. The zero-order valence-corrected chi connectivity index (χ0v) is 14.9. The average Bonchev–Trinajstić information content (AvgIpc) is 2.87. The van der Waals surface area contributed by atoms with Gasteiger partial charge < -0.3 is 5.73 Å². The van der Waals surface area contributed by atoms with Crippen molar-refractivity contribution in [1.29, 1.82) is 0 Å². The Labute approximate surface area is 156 Å². The van der Waals surface area contributed by atoms with Crippen molar-refractivity contribution >= 4 is 23.6 Å². The van der Waals surface area contributed by atoms with Gasteiger partial charge in [0, 0.05) is 25.6 Å². The number of amides is 4. The van der Waals surface area contributed by atoms with Gasteiger partial charge in [0.2, 0.25) is 11.8 Å². The minimum atomic E-state index is -0.939. The number of piperidine rings is 2. The molecule has 0 saturated carbocycles. The summed E-state index contributed by atoms with van der Waals surface area (Å²) in [7, 11) is 0. The van der Waals surface area contributed by atoms with E-state index in [0.29, 0.717) is 17.7 Å². The molecule has 4 rings (SSSR count). The first-order chi connectivity index (χ1) is 13.0. The zero-order chi connectivity index (χ0) is 19.1. The Morgan fingerprint density at radius 1 is 1.11 bits per heavy atom. The molecule has 0 aromatic heterocycles. The molecule has 0 bridgehead atoms. The van der Waals surface area contributed by atoms with Gasteiger partial charge in [-0.3, -0.25) is 34.3 Å². The second kappa shape index (κ2) is 6.86. The molecule has 27 heavy (non-hydrogen) atoms. The molecule has 3 N–H and O–H groups in total. The lowest BCUT2D eigenvalue weighted by atomic mass is 10.0. The van der Waals surface area contributed by atoms with Crippen molar-refractivity contribution in [2.75, 3.05) is 13.1 Å². The summed E-state index contributed by atoms with van der Waals surface area (Å²) in [5, 5.41) is 2.21. The van der Waals surface area contributed by atoms with Crippen LogP contribution in [-0.4, -0.2) is 58.6 Å². The third-order valence-corrected chi connectivity index (χ3v) is 5.49. The molecule has 8 nitrogen and oxygen atoms in total. The van der Waals surface area contributed by atoms with Crippen molar-refractivity contribution in [2.45, 2.75) is 44.3 Å². The summed E-state index contributed by atoms with van der Waals surface area (Å²) in [6.45, 7) is 2.19. The van der Waals surface area contributed by atoms with Crippen molar-refractivity contribution in [3.05, 3.63) is 34.9 Å². The van der Waals surface area contributed by atoms with Crippen LogP contribution in [0.15, 0.2) is 18.2 Å². The van der Waals surface area contributed by atoms with Crippen LogP contribution >= 0.6 is 0 Å². The molecule has 2 fully saturated rings. The maximum atomic E-state index is 13.1. The molecule has 4 amide bonds. The second-order valence-electron chi connectivity index (χ2n) is 7.42. The van der Waals surface area contributed by atoms with E-state index in [0.717, 1.165) is 36.4 Å². The molecule has 8 heteroatoms. The molecular weight excluding hydrogens is 348 g/mol. The number of fused-ring (bicyclic) bond motifs is 1. The standard InChI is InChI=1S/C19H22N4O4/c20-12-4-2-8-22(10-12)9-11-3-1-5-13-16(11)19(27)23(18(13)26)14-6-7-15(24)21-17(14)25/h1,3,5,12,14H,2,4,6-10,20H2,(H,21,24,25)/t12-,14?/m1/s1. The number of rotatable bonds is 3. The summed E-state index contributed by atoms with van der Waals surface area (Å²) < 4.78 is 0. The minimum absolute atomic E-state index is 0.113. The van der Waals surface area contributed by atoms with Gasteiger partial charge in [-0.1, -0.05) is 12.1 Å². The van der Waals surface area contributed by atoms with Gasteiger partial charge in [0.05, 0.1) is 11.1 Å². The Kier molecular flexibility index (Phi) is 4.53. The predicted octanol–water partition coefficient (Wildman–Crippen LogP) is 0.0109. The summed E-state index contributed by atoms with van der Waals surface area (Å²) in [5.41, 5.74) is 7.51. The van der Waals surface area contributed by atoms with Gasteiger partial charge in [0.25, 0.3) is 11.8 Å². The second-order valence-corrected chi connectivity index (χ2v) is 7.42. The van der Waals surface area contributed by atoms with Gasteiger partial charge in [0.15, 0.2) is 0 Å². The van der Waals surface area contributed by atoms with E-state index >= 15 is 0 Å². The topological polar surface area (TPSA) is 113 Å². The minimum Gasteiger partial charge on any atom is -0.327 e. The molecule has 0 aliphatic carbocycles. The number of imide groups is 2. The van der Waals surface area contributed by atoms with Gasteiger partial charge in [-0.15, -0.1) is 0 Å². The quantitative estimate of drug-likeness (QED) is 0.725. The number of benzene rings is 1. The highest BCUT2D eigenvalue weighted by Crippen LogP contribution is 2.30. The van der Waals surface area contributed by atoms with Crippen molar-refractivity contribution in [3.8, 4) is 0 Å². The van der Waals surface area contributed by atoms with Crippen LogP contribution in [0.3, 0.4) is 0 Å². The van der Waals surface area contributed by atoms with Crippen molar-refractivity contribution < 1.29 is 19.2 Å². The Morgan fingerprint density at radius 2 is 1.93 bits per heavy atom. The van der Waals surface area contributed by atoms with E-state index < -0.39 is 23.8 Å². The van der Waals surface area contributed by atoms with Crippen molar-refractivity contribution in [3.63, 3.8) is 0 Å². The van der Waals surface area contributed by atoms with Gasteiger partial charge >= 0.3 is 0 Å². The number of hydrogen-bond donors (Lipinski definition) is 2. The number of nitrogens with zero attached hydrogens (tertiary/aromatic N) is 2. The van der Waals surface area contributed by atoms with Crippen LogP contribution in [0.1, 0.15) is 52.0 Å². The molecular formula is C19H22N4O4. The lowest BCUT2D eigenvalue weighted by Gasteiger charge is -2.31. The van der Waals surface area contributed by atoms with E-state index in [-0.39, 0.29) is 24.8 Å².